The van der Waals surface area contributed by atoms with Crippen molar-refractivity contribution in [2.45, 2.75) is 13.8 Å². The number of hydrogen-bond donors (Lipinski definition) is 2. The minimum Gasteiger partial charge on any atom is -0.330 e. The van der Waals surface area contributed by atoms with E-state index in [0.29, 0.717) is 17.9 Å². The number of amides is 3. The molecule has 2 aromatic rings. The molecule has 0 spiro atoms. The third-order valence-corrected chi connectivity index (χ3v) is 3.82. The summed E-state index contributed by atoms with van der Waals surface area (Å²) in [5.74, 6) is -0.974. The Labute approximate surface area is 161 Å². The number of nitrogens with one attached hydrogen (secondary N) is 2. The standard InChI is InChI=1S/C19H20N4O5/c1-3-22(19(26)14-4-10-17(11-5-14)23(27)28)12-18(25)21-16-8-6-15(7-9-16)20-13(2)24/h4-11H,3,12H2,1-2H3,(H,20,24)(H,21,25). The fraction of sp³-hybridized carbons (Fsp3) is 0.211. The number of benzene rings is 2. The predicted octanol–water partition coefficient (Wildman–Crippen LogP) is 2.65. The van der Waals surface area contributed by atoms with E-state index in [9.17, 15) is 24.5 Å². The van der Waals surface area contributed by atoms with Crippen molar-refractivity contribution in [3.8, 4) is 0 Å². The first kappa shape index (κ1) is 20.6. The summed E-state index contributed by atoms with van der Waals surface area (Å²) in [7, 11) is 0. The Morgan fingerprint density at radius 1 is 0.964 bits per heavy atom. The summed E-state index contributed by atoms with van der Waals surface area (Å²) in [5, 5.41) is 16.0. The molecular formula is C19H20N4O5. The highest BCUT2D eigenvalue weighted by atomic mass is 16.6. The molecule has 3 amide bonds. The van der Waals surface area contributed by atoms with Gasteiger partial charge in [0.25, 0.3) is 11.6 Å². The van der Waals surface area contributed by atoms with E-state index in [4.69, 9.17) is 0 Å². The monoisotopic (exact) mass is 384 g/mol. The van der Waals surface area contributed by atoms with Crippen LogP contribution in [0.5, 0.6) is 0 Å². The number of likely N-dealkylation sites (N-methyl/N-ethyl adjacent to an activating group) is 1. The maximum absolute atomic E-state index is 12.5. The second-order valence-electron chi connectivity index (χ2n) is 5.93. The molecule has 0 aliphatic rings. The largest absolute Gasteiger partial charge is 0.330 e. The van der Waals surface area contributed by atoms with E-state index in [1.807, 2.05) is 0 Å². The Balaban J connectivity index is 1.99. The van der Waals surface area contributed by atoms with Gasteiger partial charge in [-0.05, 0) is 43.3 Å². The number of carbonyl (C=O) groups excluding carboxylic acids is 3. The van der Waals surface area contributed by atoms with Crippen molar-refractivity contribution >= 4 is 34.8 Å². The number of nitro groups is 1. The van der Waals surface area contributed by atoms with Crippen molar-refractivity contribution < 1.29 is 19.3 Å². The molecule has 0 bridgehead atoms. The number of rotatable bonds is 7. The molecule has 9 nitrogen and oxygen atoms in total. The molecule has 0 fully saturated rings. The van der Waals surface area contributed by atoms with Gasteiger partial charge in [0.2, 0.25) is 11.8 Å². The second kappa shape index (κ2) is 9.26. The van der Waals surface area contributed by atoms with Gasteiger partial charge in [-0.25, -0.2) is 0 Å². The normalized spacial score (nSPS) is 10.1. The minimum atomic E-state index is -0.545. The number of nitrogens with zero attached hydrogens (tertiary/aromatic N) is 2. The molecule has 2 rings (SSSR count). The molecule has 0 atom stereocenters. The van der Waals surface area contributed by atoms with Gasteiger partial charge in [-0.1, -0.05) is 0 Å². The van der Waals surface area contributed by atoms with Gasteiger partial charge in [0, 0.05) is 42.5 Å². The topological polar surface area (TPSA) is 122 Å². The fourth-order valence-corrected chi connectivity index (χ4v) is 2.45. The summed E-state index contributed by atoms with van der Waals surface area (Å²) >= 11 is 0. The molecule has 0 radical (unpaired) electrons. The highest BCUT2D eigenvalue weighted by Crippen LogP contribution is 2.15. The Kier molecular flexibility index (Phi) is 6.80. The molecular weight excluding hydrogens is 364 g/mol. The summed E-state index contributed by atoms with van der Waals surface area (Å²) in [6.07, 6.45) is 0. The molecule has 9 heteroatoms. The van der Waals surface area contributed by atoms with Crippen LogP contribution in [0.15, 0.2) is 48.5 Å². The number of hydrogen-bond acceptors (Lipinski definition) is 5. The summed E-state index contributed by atoms with van der Waals surface area (Å²) < 4.78 is 0. The lowest BCUT2D eigenvalue weighted by Crippen LogP contribution is -2.37. The molecule has 0 aliphatic heterocycles. The maximum Gasteiger partial charge on any atom is 0.269 e. The van der Waals surface area contributed by atoms with E-state index in [0.717, 1.165) is 0 Å². The van der Waals surface area contributed by atoms with Crippen LogP contribution < -0.4 is 10.6 Å². The van der Waals surface area contributed by atoms with Crippen molar-refractivity contribution in [2.75, 3.05) is 23.7 Å². The van der Waals surface area contributed by atoms with Gasteiger partial charge in [-0.2, -0.15) is 0 Å². The molecule has 0 unspecified atom stereocenters. The van der Waals surface area contributed by atoms with Crippen molar-refractivity contribution in [3.63, 3.8) is 0 Å². The molecule has 0 aromatic heterocycles. The van der Waals surface area contributed by atoms with E-state index in [1.165, 1.54) is 36.1 Å². The van der Waals surface area contributed by atoms with Crippen LogP contribution in [0.2, 0.25) is 0 Å². The second-order valence-corrected chi connectivity index (χ2v) is 5.93. The fourth-order valence-electron chi connectivity index (χ4n) is 2.45. The molecule has 0 saturated heterocycles. The van der Waals surface area contributed by atoms with Gasteiger partial charge < -0.3 is 15.5 Å². The van der Waals surface area contributed by atoms with Crippen molar-refractivity contribution in [1.29, 1.82) is 0 Å². The SMILES string of the molecule is CCN(CC(=O)Nc1ccc(NC(C)=O)cc1)C(=O)c1ccc([N+](=O)[O-])cc1. The third-order valence-electron chi connectivity index (χ3n) is 3.82. The van der Waals surface area contributed by atoms with E-state index < -0.39 is 10.8 Å². The summed E-state index contributed by atoms with van der Waals surface area (Å²) in [4.78, 5) is 47.3. The van der Waals surface area contributed by atoms with Crippen molar-refractivity contribution in [1.82, 2.24) is 4.90 Å². The van der Waals surface area contributed by atoms with Crippen molar-refractivity contribution in [2.24, 2.45) is 0 Å². The Morgan fingerprint density at radius 2 is 1.50 bits per heavy atom. The molecule has 0 saturated carbocycles. The van der Waals surface area contributed by atoms with Gasteiger partial charge in [0.1, 0.15) is 6.54 Å². The molecule has 0 aliphatic carbocycles. The average Bonchev–Trinajstić information content (AvgIpc) is 2.66. The Bertz CT molecular complexity index is 878. The molecule has 2 aromatic carbocycles. The van der Waals surface area contributed by atoms with Crippen LogP contribution in [0, 0.1) is 10.1 Å². The molecule has 2 N–H and O–H groups in total. The molecule has 28 heavy (non-hydrogen) atoms. The third kappa shape index (κ3) is 5.63. The molecule has 0 heterocycles. The lowest BCUT2D eigenvalue weighted by atomic mass is 10.2. The first-order valence-electron chi connectivity index (χ1n) is 8.51. The van der Waals surface area contributed by atoms with Crippen LogP contribution in [-0.2, 0) is 9.59 Å². The quantitative estimate of drug-likeness (QED) is 0.561. The van der Waals surface area contributed by atoms with Crippen LogP contribution in [0.1, 0.15) is 24.2 Å². The van der Waals surface area contributed by atoms with E-state index in [1.54, 1.807) is 31.2 Å². The number of non-ortho nitro benzene ring substituents is 1. The molecule has 146 valence electrons. The van der Waals surface area contributed by atoms with Gasteiger partial charge in [-0.3, -0.25) is 24.5 Å². The van der Waals surface area contributed by atoms with E-state index >= 15 is 0 Å². The first-order chi connectivity index (χ1) is 13.3. The number of carbonyl (C=O) groups is 3. The Hall–Kier alpha value is -3.75. The van der Waals surface area contributed by atoms with Gasteiger partial charge in [0.05, 0.1) is 4.92 Å². The van der Waals surface area contributed by atoms with Crippen LogP contribution in [0.3, 0.4) is 0 Å². The predicted molar refractivity (Wildman–Crippen MR) is 104 cm³/mol. The summed E-state index contributed by atoms with van der Waals surface area (Å²) in [6.45, 7) is 3.26. The van der Waals surface area contributed by atoms with Gasteiger partial charge in [-0.15, -0.1) is 0 Å². The minimum absolute atomic E-state index is 0.111. The maximum atomic E-state index is 12.5. The highest BCUT2D eigenvalue weighted by molar-refractivity contribution is 5.99. The van der Waals surface area contributed by atoms with E-state index in [2.05, 4.69) is 10.6 Å². The van der Waals surface area contributed by atoms with Gasteiger partial charge in [0.15, 0.2) is 0 Å². The van der Waals surface area contributed by atoms with Crippen LogP contribution >= 0.6 is 0 Å². The van der Waals surface area contributed by atoms with Gasteiger partial charge >= 0.3 is 0 Å². The first-order valence-corrected chi connectivity index (χ1v) is 8.51. The van der Waals surface area contributed by atoms with E-state index in [-0.39, 0.29) is 29.6 Å². The lowest BCUT2D eigenvalue weighted by molar-refractivity contribution is -0.384. The summed E-state index contributed by atoms with van der Waals surface area (Å²) in [6, 6.07) is 11.8. The number of anilines is 2. The van der Waals surface area contributed by atoms with Crippen LogP contribution in [-0.4, -0.2) is 40.6 Å². The lowest BCUT2D eigenvalue weighted by Gasteiger charge is -2.20. The Morgan fingerprint density at radius 3 is 1.96 bits per heavy atom. The smallest absolute Gasteiger partial charge is 0.269 e. The zero-order valence-electron chi connectivity index (χ0n) is 15.5. The highest BCUT2D eigenvalue weighted by Gasteiger charge is 2.18. The van der Waals surface area contributed by atoms with Crippen LogP contribution in [0.25, 0.3) is 0 Å². The zero-order chi connectivity index (χ0) is 20.7. The van der Waals surface area contributed by atoms with Crippen molar-refractivity contribution in [3.05, 3.63) is 64.2 Å². The van der Waals surface area contributed by atoms with Crippen LogP contribution in [0.4, 0.5) is 17.1 Å². The number of nitro benzene ring substituents is 1. The average molecular weight is 384 g/mol. The zero-order valence-corrected chi connectivity index (χ0v) is 15.5. The summed E-state index contributed by atoms with van der Waals surface area (Å²) in [5.41, 5.74) is 1.28.